The minimum Gasteiger partial charge on any atom is -0.458 e. The lowest BCUT2D eigenvalue weighted by Crippen LogP contribution is -2.28. The van der Waals surface area contributed by atoms with E-state index in [1.807, 2.05) is 0 Å². The first-order valence-electron chi connectivity index (χ1n) is 3.70. The number of hydrogen-bond acceptors (Lipinski definition) is 2. The Morgan fingerprint density at radius 3 is 2.21 bits per heavy atom. The first kappa shape index (κ1) is 12.3. The summed E-state index contributed by atoms with van der Waals surface area (Å²) in [7, 11) is 0. The van der Waals surface area contributed by atoms with Gasteiger partial charge in [0.25, 0.3) is 0 Å². The molecule has 0 radical (unpaired) electrons. The third kappa shape index (κ3) is 2.42. The molecule has 1 unspecified atom stereocenters. The highest BCUT2D eigenvalue weighted by atomic mass is 79.9. The van der Waals surface area contributed by atoms with Gasteiger partial charge >= 0.3 is 12.1 Å². The summed E-state index contributed by atoms with van der Waals surface area (Å²) < 4.78 is 39.0. The summed E-state index contributed by atoms with van der Waals surface area (Å²) in [4.78, 5) is 10.4. The summed E-state index contributed by atoms with van der Waals surface area (Å²) in [5.74, 6) is -2.14. The number of halogens is 5. The summed E-state index contributed by atoms with van der Waals surface area (Å²) in [6.45, 7) is 1.47. The fourth-order valence-corrected chi connectivity index (χ4v) is 2.38. The van der Waals surface area contributed by atoms with Gasteiger partial charge in [0.15, 0.2) is 0 Å². The zero-order valence-corrected chi connectivity index (χ0v) is 10.3. The minimum atomic E-state index is -4.91. The molecule has 1 fully saturated rings. The van der Waals surface area contributed by atoms with Gasteiger partial charge in [-0.1, -0.05) is 38.8 Å². The Hall–Kier alpha value is 0.220. The number of rotatable bonds is 2. The van der Waals surface area contributed by atoms with E-state index in [0.717, 1.165) is 0 Å². The number of carbonyl (C=O) groups excluding carboxylic acids is 1. The molecule has 0 aromatic heterocycles. The molecule has 0 aliphatic heterocycles. The van der Waals surface area contributed by atoms with Gasteiger partial charge < -0.3 is 4.74 Å². The summed E-state index contributed by atoms with van der Waals surface area (Å²) >= 11 is 6.51. The van der Waals surface area contributed by atoms with Crippen LogP contribution < -0.4 is 0 Å². The third-order valence-electron chi connectivity index (χ3n) is 2.12. The van der Waals surface area contributed by atoms with Crippen LogP contribution in [0.1, 0.15) is 13.3 Å². The first-order chi connectivity index (χ1) is 6.08. The molecule has 82 valence electrons. The topological polar surface area (TPSA) is 26.3 Å². The van der Waals surface area contributed by atoms with Crippen molar-refractivity contribution in [1.29, 1.82) is 0 Å². The molecule has 1 aliphatic carbocycles. The number of carbonyl (C=O) groups is 1. The van der Waals surface area contributed by atoms with Crippen molar-refractivity contribution < 1.29 is 22.7 Å². The lowest BCUT2D eigenvalue weighted by Gasteiger charge is -2.13. The fourth-order valence-electron chi connectivity index (χ4n) is 0.909. The van der Waals surface area contributed by atoms with Gasteiger partial charge in [0.1, 0.15) is 0 Å². The molecule has 2 nitrogen and oxygen atoms in total. The van der Waals surface area contributed by atoms with Crippen LogP contribution in [-0.4, -0.2) is 22.0 Å². The highest BCUT2D eigenvalue weighted by Crippen LogP contribution is 2.66. The van der Waals surface area contributed by atoms with E-state index in [1.165, 1.54) is 0 Å². The van der Waals surface area contributed by atoms with Crippen LogP contribution in [0.5, 0.6) is 0 Å². The Morgan fingerprint density at radius 1 is 1.50 bits per heavy atom. The second kappa shape index (κ2) is 3.37. The lowest BCUT2D eigenvalue weighted by molar-refractivity contribution is -0.201. The molecule has 1 saturated carbocycles. The Labute approximate surface area is 95.4 Å². The second-order valence-electron chi connectivity index (χ2n) is 3.52. The van der Waals surface area contributed by atoms with Crippen molar-refractivity contribution in [2.45, 2.75) is 22.8 Å². The van der Waals surface area contributed by atoms with Gasteiger partial charge in [-0.2, -0.15) is 13.2 Å². The van der Waals surface area contributed by atoms with Crippen molar-refractivity contribution in [2.24, 2.45) is 5.41 Å². The van der Waals surface area contributed by atoms with E-state index in [-0.39, 0.29) is 6.61 Å². The molecule has 0 aromatic carbocycles. The minimum absolute atomic E-state index is 0.248. The summed E-state index contributed by atoms with van der Waals surface area (Å²) in [5, 5.41) is 0. The van der Waals surface area contributed by atoms with Crippen molar-refractivity contribution in [3.05, 3.63) is 0 Å². The Bertz CT molecular complexity index is 264. The predicted molar refractivity (Wildman–Crippen MR) is 50.3 cm³/mol. The average Bonchev–Trinajstić information content (AvgIpc) is 2.45. The van der Waals surface area contributed by atoms with E-state index >= 15 is 0 Å². The van der Waals surface area contributed by atoms with E-state index in [9.17, 15) is 18.0 Å². The zero-order valence-electron chi connectivity index (χ0n) is 7.12. The first-order valence-corrected chi connectivity index (χ1v) is 5.29. The van der Waals surface area contributed by atoms with Crippen LogP contribution in [0.2, 0.25) is 0 Å². The largest absolute Gasteiger partial charge is 0.490 e. The van der Waals surface area contributed by atoms with Gasteiger partial charge in [-0.25, -0.2) is 4.79 Å². The monoisotopic (exact) mass is 338 g/mol. The van der Waals surface area contributed by atoms with Gasteiger partial charge in [0.05, 0.1) is 9.84 Å². The quantitative estimate of drug-likeness (QED) is 0.571. The molecule has 1 rings (SSSR count). The molecule has 7 heteroatoms. The van der Waals surface area contributed by atoms with Crippen molar-refractivity contribution in [2.75, 3.05) is 6.61 Å². The zero-order chi connectivity index (χ0) is 11.2. The molecule has 0 saturated heterocycles. The highest BCUT2D eigenvalue weighted by Gasteiger charge is 2.62. The average molecular weight is 340 g/mol. The molecule has 1 atom stereocenters. The SMILES string of the molecule is CC1(COC(=O)C(F)(F)F)CC1(Br)Br. The molecular weight excluding hydrogens is 333 g/mol. The van der Waals surface area contributed by atoms with Crippen LogP contribution in [0.3, 0.4) is 0 Å². The molecule has 1 aliphatic rings. The van der Waals surface area contributed by atoms with Gasteiger partial charge in [-0.3, -0.25) is 0 Å². The normalized spacial score (nSPS) is 29.9. The van der Waals surface area contributed by atoms with Gasteiger partial charge in [0, 0.05) is 5.41 Å². The molecule has 0 N–H and O–H groups in total. The number of alkyl halides is 5. The molecule has 0 aromatic rings. The fraction of sp³-hybridized carbons (Fsp3) is 0.857. The van der Waals surface area contributed by atoms with Gasteiger partial charge in [-0.05, 0) is 6.42 Å². The maximum Gasteiger partial charge on any atom is 0.490 e. The van der Waals surface area contributed by atoms with E-state index in [4.69, 9.17) is 0 Å². The van der Waals surface area contributed by atoms with Crippen LogP contribution in [-0.2, 0) is 9.53 Å². The van der Waals surface area contributed by atoms with Crippen molar-refractivity contribution >= 4 is 37.8 Å². The van der Waals surface area contributed by atoms with Gasteiger partial charge in [-0.15, -0.1) is 0 Å². The van der Waals surface area contributed by atoms with E-state index < -0.39 is 20.8 Å². The molecule has 0 spiro atoms. The number of ether oxygens (including phenoxy) is 1. The summed E-state index contributed by atoms with van der Waals surface area (Å²) in [5.41, 5.74) is -0.464. The summed E-state index contributed by atoms with van der Waals surface area (Å²) in [6.07, 6.45) is -4.29. The predicted octanol–water partition coefficient (Wildman–Crippen LogP) is 2.99. The lowest BCUT2D eigenvalue weighted by atomic mass is 10.2. The van der Waals surface area contributed by atoms with E-state index in [0.29, 0.717) is 6.42 Å². The van der Waals surface area contributed by atoms with E-state index in [1.54, 1.807) is 6.92 Å². The number of esters is 1. The van der Waals surface area contributed by atoms with Crippen LogP contribution in [0.4, 0.5) is 13.2 Å². The molecule has 0 bridgehead atoms. The van der Waals surface area contributed by atoms with Crippen LogP contribution in [0.15, 0.2) is 0 Å². The van der Waals surface area contributed by atoms with Crippen molar-refractivity contribution in [1.82, 2.24) is 0 Å². The Balaban J connectivity index is 2.40. The van der Waals surface area contributed by atoms with Crippen LogP contribution >= 0.6 is 31.9 Å². The Morgan fingerprint density at radius 2 is 1.93 bits per heavy atom. The Kier molecular flexibility index (Phi) is 2.95. The van der Waals surface area contributed by atoms with Crippen molar-refractivity contribution in [3.8, 4) is 0 Å². The van der Waals surface area contributed by atoms with Crippen LogP contribution in [0.25, 0.3) is 0 Å². The highest BCUT2D eigenvalue weighted by molar-refractivity contribution is 9.25. The van der Waals surface area contributed by atoms with E-state index in [2.05, 4.69) is 36.6 Å². The van der Waals surface area contributed by atoms with Gasteiger partial charge in [0.2, 0.25) is 0 Å². The maximum atomic E-state index is 11.7. The van der Waals surface area contributed by atoms with Crippen LogP contribution in [0, 0.1) is 5.41 Å². The maximum absolute atomic E-state index is 11.7. The molecular formula is C7H7Br2F3O2. The summed E-state index contributed by atoms with van der Waals surface area (Å²) in [6, 6.07) is 0. The van der Waals surface area contributed by atoms with Crippen molar-refractivity contribution in [3.63, 3.8) is 0 Å². The third-order valence-corrected chi connectivity index (χ3v) is 4.60. The molecule has 0 heterocycles. The molecule has 14 heavy (non-hydrogen) atoms. The standard InChI is InChI=1S/C7H7Br2F3O2/c1-5(2-6(5,8)9)3-14-4(13)7(10,11)12/h2-3H2,1H3. The number of hydrogen-bond donors (Lipinski definition) is 0. The second-order valence-corrected chi connectivity index (χ2v) is 7.29. The smallest absolute Gasteiger partial charge is 0.458 e. The molecule has 0 amide bonds.